The van der Waals surface area contributed by atoms with E-state index in [9.17, 15) is 34.5 Å². The van der Waals surface area contributed by atoms with E-state index in [0.29, 0.717) is 43.8 Å². The third-order valence-corrected chi connectivity index (χ3v) is 10.8. The Balaban J connectivity index is 1.10. The van der Waals surface area contributed by atoms with Gasteiger partial charge in [-0.2, -0.15) is 0 Å². The van der Waals surface area contributed by atoms with Crippen molar-refractivity contribution in [3.63, 3.8) is 0 Å². The summed E-state index contributed by atoms with van der Waals surface area (Å²) in [5, 5.41) is 40.1. The molecule has 6 rings (SSSR count). The zero-order valence-electron chi connectivity index (χ0n) is 34.9. The molecule has 16 nitrogen and oxygen atoms in total. The Morgan fingerprint density at radius 3 is 2.36 bits per heavy atom. The zero-order chi connectivity index (χ0) is 43.5. The number of nitrogens with one attached hydrogen (secondary N) is 3. The summed E-state index contributed by atoms with van der Waals surface area (Å²) in [6.45, 7) is 8.41. The number of rotatable bonds is 17. The zero-order valence-corrected chi connectivity index (χ0v) is 34.9. The van der Waals surface area contributed by atoms with Crippen molar-refractivity contribution in [2.24, 2.45) is 5.92 Å². The molecular formula is C45H57N7O9. The lowest BCUT2D eigenvalue weighted by Gasteiger charge is -2.42. The Kier molecular flexibility index (Phi) is 15.0. The van der Waals surface area contributed by atoms with Gasteiger partial charge in [0.15, 0.2) is 0 Å². The lowest BCUT2D eigenvalue weighted by Crippen LogP contribution is -2.61. The van der Waals surface area contributed by atoms with E-state index < -0.39 is 59.6 Å². The number of aromatic hydroxyl groups is 2. The number of ether oxygens (including phenoxy) is 1. The highest BCUT2D eigenvalue weighted by molar-refractivity contribution is 5.83. The molecule has 3 heterocycles. The molecule has 2 aromatic carbocycles. The van der Waals surface area contributed by atoms with Gasteiger partial charge in [0.25, 0.3) is 0 Å². The molecule has 6 N–H and O–H groups in total. The van der Waals surface area contributed by atoms with Crippen LogP contribution in [0.4, 0.5) is 4.79 Å². The molecule has 1 fully saturated rings. The number of pyridine rings is 1. The average Bonchev–Trinajstić information content (AvgIpc) is 3.73. The maximum absolute atomic E-state index is 14.4. The summed E-state index contributed by atoms with van der Waals surface area (Å²) in [5.41, 5.74) is 3.26. The van der Waals surface area contributed by atoms with E-state index in [4.69, 9.17) is 9.57 Å². The molecule has 1 saturated heterocycles. The van der Waals surface area contributed by atoms with E-state index in [1.807, 2.05) is 98.6 Å². The first-order valence-corrected chi connectivity index (χ1v) is 20.7. The van der Waals surface area contributed by atoms with Crippen LogP contribution in [-0.2, 0) is 38.5 Å². The highest BCUT2D eigenvalue weighted by Gasteiger charge is 2.39. The molecule has 5 atom stereocenters. The Morgan fingerprint density at radius 2 is 1.64 bits per heavy atom. The number of benzene rings is 2. The van der Waals surface area contributed by atoms with Crippen molar-refractivity contribution < 1.29 is 44.1 Å². The Bertz CT molecular complexity index is 2070. The minimum absolute atomic E-state index is 0.0730. The van der Waals surface area contributed by atoms with Crippen molar-refractivity contribution in [1.29, 1.82) is 0 Å². The van der Waals surface area contributed by atoms with Crippen molar-refractivity contribution in [2.45, 2.75) is 89.3 Å². The summed E-state index contributed by atoms with van der Waals surface area (Å²) >= 11 is 0. The van der Waals surface area contributed by atoms with Gasteiger partial charge in [-0.1, -0.05) is 60.7 Å². The molecule has 0 spiro atoms. The number of nitrogens with zero attached hydrogens (tertiary/aromatic N) is 4. The molecule has 0 saturated carbocycles. The maximum atomic E-state index is 14.4. The second-order valence-corrected chi connectivity index (χ2v) is 16.8. The number of fused-ring (bicyclic) bond motifs is 1. The summed E-state index contributed by atoms with van der Waals surface area (Å²) in [7, 11) is 0. The lowest BCUT2D eigenvalue weighted by molar-refractivity contribution is -0.145. The molecule has 0 bridgehead atoms. The van der Waals surface area contributed by atoms with E-state index in [2.05, 4.69) is 25.8 Å². The Labute approximate surface area is 355 Å². The molecule has 326 valence electrons. The second-order valence-electron chi connectivity index (χ2n) is 16.8. The van der Waals surface area contributed by atoms with E-state index in [1.54, 1.807) is 6.20 Å². The molecule has 1 aliphatic carbocycles. The van der Waals surface area contributed by atoms with E-state index in [-0.39, 0.29) is 44.2 Å². The number of carbonyl (C=O) groups excluding carboxylic acids is 4. The number of amides is 3. The predicted molar refractivity (Wildman–Crippen MR) is 225 cm³/mol. The van der Waals surface area contributed by atoms with Gasteiger partial charge in [0.05, 0.1) is 12.1 Å². The lowest BCUT2D eigenvalue weighted by atomic mass is 9.91. The van der Waals surface area contributed by atoms with E-state index >= 15 is 0 Å². The minimum Gasteiger partial charge on any atom is -0.492 e. The molecule has 61 heavy (non-hydrogen) atoms. The smallest absolute Gasteiger partial charge is 0.407 e. The van der Waals surface area contributed by atoms with Gasteiger partial charge in [-0.25, -0.2) is 9.59 Å². The van der Waals surface area contributed by atoms with Gasteiger partial charge in [0.1, 0.15) is 12.1 Å². The molecule has 3 amide bonds. The number of hydrogen-bond acceptors (Lipinski definition) is 12. The normalized spacial score (nSPS) is 19.0. The first kappa shape index (κ1) is 44.6. The number of piperazine rings is 1. The molecule has 2 aliphatic rings. The van der Waals surface area contributed by atoms with Gasteiger partial charge < -0.3 is 40.8 Å². The molecule has 0 radical (unpaired) electrons. The first-order chi connectivity index (χ1) is 29.2. The summed E-state index contributed by atoms with van der Waals surface area (Å²) in [4.78, 5) is 66.8. The van der Waals surface area contributed by atoms with Gasteiger partial charge >= 0.3 is 12.1 Å². The molecule has 0 unspecified atom stereocenters. The summed E-state index contributed by atoms with van der Waals surface area (Å²) < 4.78 is 6.47. The summed E-state index contributed by atoms with van der Waals surface area (Å²) in [6, 6.07) is 22.2. The number of alkyl carbamates (subject to hydrolysis) is 1. The van der Waals surface area contributed by atoms with Crippen LogP contribution in [0, 0.1) is 5.92 Å². The number of hydrogen-bond donors (Lipinski definition) is 6. The van der Waals surface area contributed by atoms with Gasteiger partial charge in [-0.15, -0.1) is 4.73 Å². The highest BCUT2D eigenvalue weighted by Crippen LogP contribution is 2.34. The molecule has 4 aromatic rings. The number of aliphatic hydroxyl groups is 1. The van der Waals surface area contributed by atoms with Crippen LogP contribution in [0.2, 0.25) is 0 Å². The third-order valence-electron chi connectivity index (χ3n) is 10.8. The van der Waals surface area contributed by atoms with Gasteiger partial charge in [-0.05, 0) is 68.4 Å². The van der Waals surface area contributed by atoms with Gasteiger partial charge in [-0.3, -0.25) is 24.4 Å². The molecule has 1 aliphatic heterocycles. The third kappa shape index (κ3) is 12.8. The Hall–Kier alpha value is -5.97. The van der Waals surface area contributed by atoms with Gasteiger partial charge in [0, 0.05) is 88.1 Å². The van der Waals surface area contributed by atoms with Crippen LogP contribution >= 0.6 is 0 Å². The summed E-state index contributed by atoms with van der Waals surface area (Å²) in [5.74, 6) is -2.70. The average molecular weight is 840 g/mol. The van der Waals surface area contributed by atoms with E-state index in [0.717, 1.165) is 22.3 Å². The fourth-order valence-corrected chi connectivity index (χ4v) is 7.90. The van der Waals surface area contributed by atoms with Crippen LogP contribution in [-0.4, -0.2) is 115 Å². The number of β-amino-alcohol motifs (C(OH)–C–C–N with tert-alkyl or cyclic N) is 1. The van der Waals surface area contributed by atoms with Crippen LogP contribution in [0.25, 0.3) is 0 Å². The van der Waals surface area contributed by atoms with Crippen LogP contribution in [0.15, 0.2) is 91.3 Å². The summed E-state index contributed by atoms with van der Waals surface area (Å²) in [6.07, 6.45) is 2.05. The SMILES string of the molecule is CC(C)(C)NC(=O)[C@@H]1CN(Cc2cccnc2)CCN1C[C@@H](O)C[C@@H](Cc1ccccc1)C(=O)N[C@H]1c2ccccc2C[C@H]1OC(=O)NCCCC(=O)On1c(O)ccc1O. The topological polar surface area (TPSA) is 208 Å². The molecule has 16 heteroatoms. The minimum atomic E-state index is -0.945. The number of aliphatic hydroxyl groups excluding tert-OH is 1. The highest BCUT2D eigenvalue weighted by atomic mass is 16.7. The van der Waals surface area contributed by atoms with Crippen molar-refractivity contribution in [3.8, 4) is 11.8 Å². The fourth-order valence-electron chi connectivity index (χ4n) is 7.90. The second kappa shape index (κ2) is 20.5. The molecule has 2 aromatic heterocycles. The number of aromatic nitrogens is 2. The van der Waals surface area contributed by atoms with Crippen LogP contribution < -0.4 is 20.8 Å². The molecular weight excluding hydrogens is 783 g/mol. The van der Waals surface area contributed by atoms with E-state index in [1.165, 1.54) is 12.1 Å². The van der Waals surface area contributed by atoms with Crippen LogP contribution in [0.3, 0.4) is 0 Å². The predicted octanol–water partition coefficient (Wildman–Crippen LogP) is 3.25. The van der Waals surface area contributed by atoms with Crippen molar-refractivity contribution in [1.82, 2.24) is 35.5 Å². The Morgan fingerprint density at radius 1 is 0.918 bits per heavy atom. The monoisotopic (exact) mass is 839 g/mol. The van der Waals surface area contributed by atoms with Crippen molar-refractivity contribution >= 4 is 23.9 Å². The van der Waals surface area contributed by atoms with Crippen LogP contribution in [0.5, 0.6) is 11.8 Å². The van der Waals surface area contributed by atoms with Crippen LogP contribution in [0.1, 0.15) is 68.3 Å². The maximum Gasteiger partial charge on any atom is 0.407 e. The number of carbonyl (C=O) groups is 4. The van der Waals surface area contributed by atoms with Gasteiger partial charge in [0.2, 0.25) is 23.6 Å². The quantitative estimate of drug-likeness (QED) is 0.0848. The fraction of sp³-hybridized carbons (Fsp3) is 0.444. The van der Waals surface area contributed by atoms with Crippen molar-refractivity contribution in [3.05, 3.63) is 114 Å². The first-order valence-electron chi connectivity index (χ1n) is 20.7. The van der Waals surface area contributed by atoms with Crippen molar-refractivity contribution in [2.75, 3.05) is 32.7 Å². The largest absolute Gasteiger partial charge is 0.492 e. The standard InChI is InChI=1S/C45H57N7O9/c1-45(2,3)49-43(58)36-29-50(27-31-13-9-19-46-26-31)21-22-51(36)28-34(53)24-33(23-30-11-5-4-6-12-30)42(57)48-41-35-15-8-7-14-32(35)25-37(41)60-44(59)47-20-10-16-40(56)61-52-38(54)17-18-39(52)55/h4-9,11-15,17-19,26,33-34,36-37,41,53-55H,10,16,20-25,27-29H2,1-3H3,(H,47,59)(H,48,57)(H,49,58)/t33-,34+,36+,37-,41+/m1/s1.